The third kappa shape index (κ3) is 3.66. The molecule has 1 unspecified atom stereocenters. The topological polar surface area (TPSA) is 26.0 Å². The summed E-state index contributed by atoms with van der Waals surface area (Å²) in [5.74, 6) is 0. The first-order valence-electron chi connectivity index (χ1n) is 5.80. The molecule has 17 heavy (non-hydrogen) atoms. The lowest BCUT2D eigenvalue weighted by Gasteiger charge is -2.11. The predicted molar refractivity (Wildman–Crippen MR) is 78.3 cm³/mol. The van der Waals surface area contributed by atoms with Crippen LogP contribution in [0.4, 0.5) is 0 Å². The van der Waals surface area contributed by atoms with E-state index >= 15 is 0 Å². The average molecular weight is 310 g/mol. The van der Waals surface area contributed by atoms with E-state index < -0.39 is 0 Å². The molecule has 0 saturated carbocycles. The zero-order valence-electron chi connectivity index (χ0n) is 9.60. The summed E-state index contributed by atoms with van der Waals surface area (Å²) in [6.45, 7) is 0. The van der Waals surface area contributed by atoms with Crippen LogP contribution in [0.1, 0.15) is 29.3 Å². The fourth-order valence-corrected chi connectivity index (χ4v) is 3.45. The number of benzene rings is 1. The van der Waals surface area contributed by atoms with Gasteiger partial charge in [-0.05, 0) is 52.2 Å². The molecule has 0 amide bonds. The Hall–Kier alpha value is -0.640. The van der Waals surface area contributed by atoms with Crippen LogP contribution in [0.25, 0.3) is 0 Å². The smallest absolute Gasteiger partial charge is 0.0314 e. The quantitative estimate of drug-likeness (QED) is 0.862. The maximum atomic E-state index is 6.16. The van der Waals surface area contributed by atoms with Gasteiger partial charge in [-0.1, -0.05) is 30.3 Å². The van der Waals surface area contributed by atoms with Crippen molar-refractivity contribution >= 4 is 27.3 Å². The molecule has 0 spiro atoms. The summed E-state index contributed by atoms with van der Waals surface area (Å²) in [5.41, 5.74) is 7.40. The summed E-state index contributed by atoms with van der Waals surface area (Å²) in [5, 5.41) is 2.12. The molecule has 0 aliphatic heterocycles. The second-order valence-electron chi connectivity index (χ2n) is 4.10. The number of hydrogen-bond donors (Lipinski definition) is 1. The van der Waals surface area contributed by atoms with E-state index in [1.807, 2.05) is 29.5 Å². The molecule has 0 fully saturated rings. The van der Waals surface area contributed by atoms with Crippen molar-refractivity contribution in [3.05, 3.63) is 56.7 Å². The van der Waals surface area contributed by atoms with Crippen LogP contribution >= 0.6 is 27.3 Å². The molecule has 1 nitrogen and oxygen atoms in total. The molecule has 2 rings (SSSR count). The summed E-state index contributed by atoms with van der Waals surface area (Å²) in [6, 6.07) is 12.6. The molecule has 0 bridgehead atoms. The first-order valence-corrected chi connectivity index (χ1v) is 7.47. The lowest BCUT2D eigenvalue weighted by atomic mass is 10.0. The Balaban J connectivity index is 1.81. The Kier molecular flexibility index (Phi) is 4.77. The molecular formula is C14H16BrNS. The minimum Gasteiger partial charge on any atom is -0.324 e. The molecule has 3 heteroatoms. The van der Waals surface area contributed by atoms with E-state index in [1.165, 1.54) is 14.9 Å². The van der Waals surface area contributed by atoms with Gasteiger partial charge in [-0.15, -0.1) is 11.3 Å². The second kappa shape index (κ2) is 6.34. The maximum absolute atomic E-state index is 6.16. The number of thiophene rings is 1. The zero-order valence-corrected chi connectivity index (χ0v) is 12.0. The van der Waals surface area contributed by atoms with E-state index in [9.17, 15) is 0 Å². The van der Waals surface area contributed by atoms with Crippen LogP contribution in [0.15, 0.2) is 46.3 Å². The van der Waals surface area contributed by atoms with Crippen molar-refractivity contribution in [1.29, 1.82) is 0 Å². The first-order chi connectivity index (χ1) is 8.27. The van der Waals surface area contributed by atoms with Gasteiger partial charge in [0.25, 0.3) is 0 Å². The molecule has 90 valence electrons. The standard InChI is InChI=1S/C14H16BrNS/c15-12-9-10-17-14(12)8-4-7-13(16)11-5-2-1-3-6-11/h1-3,5-6,9-10,13H,4,7-8,16H2. The third-order valence-corrected chi connectivity index (χ3v) is 4.82. The molecule has 0 aliphatic carbocycles. The predicted octanol–water partition coefficient (Wildman–Crippen LogP) is 4.53. The molecule has 1 heterocycles. The molecular weight excluding hydrogens is 294 g/mol. The molecule has 1 aromatic heterocycles. The summed E-state index contributed by atoms with van der Waals surface area (Å²) < 4.78 is 1.23. The maximum Gasteiger partial charge on any atom is 0.0314 e. The van der Waals surface area contributed by atoms with Crippen molar-refractivity contribution in [3.8, 4) is 0 Å². The Bertz CT molecular complexity index is 452. The summed E-state index contributed by atoms with van der Waals surface area (Å²) in [4.78, 5) is 1.42. The number of hydrogen-bond acceptors (Lipinski definition) is 2. The fourth-order valence-electron chi connectivity index (χ4n) is 1.85. The van der Waals surface area contributed by atoms with Crippen LogP contribution in [0.3, 0.4) is 0 Å². The highest BCUT2D eigenvalue weighted by Crippen LogP contribution is 2.25. The van der Waals surface area contributed by atoms with Gasteiger partial charge >= 0.3 is 0 Å². The van der Waals surface area contributed by atoms with Gasteiger partial charge in [-0.2, -0.15) is 0 Å². The van der Waals surface area contributed by atoms with E-state index in [2.05, 4.69) is 39.5 Å². The van der Waals surface area contributed by atoms with E-state index in [4.69, 9.17) is 5.73 Å². The van der Waals surface area contributed by atoms with Gasteiger partial charge in [-0.3, -0.25) is 0 Å². The van der Waals surface area contributed by atoms with Gasteiger partial charge in [0.1, 0.15) is 0 Å². The SMILES string of the molecule is NC(CCCc1sccc1Br)c1ccccc1. The molecule has 1 aromatic carbocycles. The minimum absolute atomic E-state index is 0.162. The zero-order chi connectivity index (χ0) is 12.1. The lowest BCUT2D eigenvalue weighted by Crippen LogP contribution is -2.10. The Morgan fingerprint density at radius 1 is 1.18 bits per heavy atom. The van der Waals surface area contributed by atoms with Crippen molar-refractivity contribution < 1.29 is 0 Å². The molecule has 1 atom stereocenters. The van der Waals surface area contributed by atoms with Crippen molar-refractivity contribution in [2.24, 2.45) is 5.73 Å². The fraction of sp³-hybridized carbons (Fsp3) is 0.286. The van der Waals surface area contributed by atoms with Gasteiger partial charge in [0.15, 0.2) is 0 Å². The number of aryl methyl sites for hydroxylation is 1. The molecule has 0 saturated heterocycles. The van der Waals surface area contributed by atoms with Crippen LogP contribution in [0, 0.1) is 0 Å². The van der Waals surface area contributed by atoms with Gasteiger partial charge < -0.3 is 5.73 Å². The highest BCUT2D eigenvalue weighted by atomic mass is 79.9. The summed E-state index contributed by atoms with van der Waals surface area (Å²) >= 11 is 5.37. The Morgan fingerprint density at radius 2 is 1.94 bits per heavy atom. The van der Waals surface area contributed by atoms with Gasteiger partial charge in [0.2, 0.25) is 0 Å². The molecule has 2 aromatic rings. The number of nitrogens with two attached hydrogens (primary N) is 1. The van der Waals surface area contributed by atoms with Gasteiger partial charge in [0.05, 0.1) is 0 Å². The molecule has 0 aliphatic rings. The van der Waals surface area contributed by atoms with Gasteiger partial charge in [-0.25, -0.2) is 0 Å². The number of rotatable bonds is 5. The summed E-state index contributed by atoms with van der Waals surface area (Å²) in [7, 11) is 0. The average Bonchev–Trinajstić information content (AvgIpc) is 2.76. The molecule has 0 radical (unpaired) electrons. The van der Waals surface area contributed by atoms with Crippen LogP contribution < -0.4 is 5.73 Å². The van der Waals surface area contributed by atoms with Crippen molar-refractivity contribution in [3.63, 3.8) is 0 Å². The van der Waals surface area contributed by atoms with Crippen LogP contribution in [-0.4, -0.2) is 0 Å². The van der Waals surface area contributed by atoms with Crippen molar-refractivity contribution in [2.45, 2.75) is 25.3 Å². The van der Waals surface area contributed by atoms with E-state index in [-0.39, 0.29) is 6.04 Å². The Labute approximate surface area is 115 Å². The minimum atomic E-state index is 0.162. The van der Waals surface area contributed by atoms with E-state index in [0.717, 1.165) is 19.3 Å². The van der Waals surface area contributed by atoms with Gasteiger partial charge in [0, 0.05) is 15.4 Å². The highest BCUT2D eigenvalue weighted by Gasteiger charge is 2.06. The van der Waals surface area contributed by atoms with Crippen molar-refractivity contribution in [2.75, 3.05) is 0 Å². The summed E-state index contributed by atoms with van der Waals surface area (Å²) in [6.07, 6.45) is 3.28. The van der Waals surface area contributed by atoms with Crippen LogP contribution in [0.5, 0.6) is 0 Å². The third-order valence-electron chi connectivity index (χ3n) is 2.84. The van der Waals surface area contributed by atoms with Crippen LogP contribution in [0.2, 0.25) is 0 Å². The second-order valence-corrected chi connectivity index (χ2v) is 5.96. The largest absolute Gasteiger partial charge is 0.324 e. The van der Waals surface area contributed by atoms with E-state index in [0.29, 0.717) is 0 Å². The van der Waals surface area contributed by atoms with E-state index in [1.54, 1.807) is 0 Å². The Morgan fingerprint density at radius 3 is 2.59 bits per heavy atom. The van der Waals surface area contributed by atoms with Crippen molar-refractivity contribution in [1.82, 2.24) is 0 Å². The molecule has 2 N–H and O–H groups in total. The highest BCUT2D eigenvalue weighted by molar-refractivity contribution is 9.10. The lowest BCUT2D eigenvalue weighted by molar-refractivity contribution is 0.613. The monoisotopic (exact) mass is 309 g/mol. The number of halogens is 1. The van der Waals surface area contributed by atoms with Crippen LogP contribution in [-0.2, 0) is 6.42 Å². The first kappa shape index (κ1) is 12.8. The normalized spacial score (nSPS) is 12.6.